The second kappa shape index (κ2) is 9.38. The highest BCUT2D eigenvalue weighted by atomic mass is 32.1. The summed E-state index contributed by atoms with van der Waals surface area (Å²) in [6.07, 6.45) is -1.04. The smallest absolute Gasteiger partial charge is 0.405 e. The van der Waals surface area contributed by atoms with Crippen LogP contribution in [0, 0.1) is 0 Å². The summed E-state index contributed by atoms with van der Waals surface area (Å²) in [4.78, 5) is 28.3. The van der Waals surface area contributed by atoms with Crippen molar-refractivity contribution < 1.29 is 19.8 Å². The zero-order valence-corrected chi connectivity index (χ0v) is 16.6. The average Bonchev–Trinajstić information content (AvgIpc) is 3.35. The maximum absolute atomic E-state index is 13.3. The number of carboxylic acid groups (broad SMARTS) is 1. The number of nitrogens with one attached hydrogen (secondary N) is 1. The lowest BCUT2D eigenvalue weighted by molar-refractivity contribution is -0.134. The summed E-state index contributed by atoms with van der Waals surface area (Å²) in [7, 11) is 0. The van der Waals surface area contributed by atoms with Crippen molar-refractivity contribution in [1.29, 1.82) is 0 Å². The summed E-state index contributed by atoms with van der Waals surface area (Å²) < 4.78 is 0. The first kappa shape index (κ1) is 19.9. The minimum absolute atomic E-state index is 0.120. The molecule has 0 bridgehead atoms. The van der Waals surface area contributed by atoms with Crippen LogP contribution in [0.3, 0.4) is 0 Å². The Balaban J connectivity index is 1.82. The van der Waals surface area contributed by atoms with Gasteiger partial charge in [-0.1, -0.05) is 24.3 Å². The van der Waals surface area contributed by atoms with E-state index in [1.807, 2.05) is 35.0 Å². The zero-order chi connectivity index (χ0) is 19.9. The van der Waals surface area contributed by atoms with E-state index in [1.54, 1.807) is 39.7 Å². The van der Waals surface area contributed by atoms with Gasteiger partial charge in [0.05, 0.1) is 13.1 Å². The summed E-state index contributed by atoms with van der Waals surface area (Å²) in [5, 5.41) is 24.9. The van der Waals surface area contributed by atoms with Gasteiger partial charge in [-0.15, -0.1) is 22.7 Å². The number of carbonyl (C=O) groups is 2. The van der Waals surface area contributed by atoms with Crippen LogP contribution >= 0.6 is 22.7 Å². The number of phenols is 1. The lowest BCUT2D eigenvalue weighted by Crippen LogP contribution is -2.48. The molecule has 0 aliphatic rings. The Morgan fingerprint density at radius 3 is 2.00 bits per heavy atom. The van der Waals surface area contributed by atoms with Gasteiger partial charge in [0.2, 0.25) is 5.91 Å². The quantitative estimate of drug-likeness (QED) is 0.519. The van der Waals surface area contributed by atoms with E-state index in [0.717, 1.165) is 15.3 Å². The Hall–Kier alpha value is -2.84. The van der Waals surface area contributed by atoms with Crippen LogP contribution in [-0.2, 0) is 24.3 Å². The molecule has 1 aromatic carbocycles. The van der Waals surface area contributed by atoms with Crippen molar-refractivity contribution >= 4 is 34.7 Å². The highest BCUT2D eigenvalue weighted by Gasteiger charge is 2.27. The molecule has 0 aliphatic heterocycles. The van der Waals surface area contributed by atoms with Gasteiger partial charge < -0.3 is 20.4 Å². The van der Waals surface area contributed by atoms with E-state index in [0.29, 0.717) is 13.1 Å². The Bertz CT molecular complexity index is 857. The average molecular weight is 417 g/mol. The summed E-state index contributed by atoms with van der Waals surface area (Å²) in [6.45, 7) is 0.837. The lowest BCUT2D eigenvalue weighted by Gasteiger charge is -2.27. The number of amides is 2. The van der Waals surface area contributed by atoms with Crippen LogP contribution in [0.2, 0.25) is 0 Å². The van der Waals surface area contributed by atoms with Crippen LogP contribution in [0.5, 0.6) is 5.75 Å². The molecule has 146 valence electrons. The number of hydrogen-bond acceptors (Lipinski definition) is 5. The van der Waals surface area contributed by atoms with E-state index < -0.39 is 12.1 Å². The van der Waals surface area contributed by atoms with Gasteiger partial charge in [-0.25, -0.2) is 4.79 Å². The van der Waals surface area contributed by atoms with E-state index in [2.05, 4.69) is 5.32 Å². The van der Waals surface area contributed by atoms with Crippen molar-refractivity contribution in [2.45, 2.75) is 25.6 Å². The third-order valence-corrected chi connectivity index (χ3v) is 5.86. The van der Waals surface area contributed by atoms with Crippen LogP contribution in [0.15, 0.2) is 59.3 Å². The van der Waals surface area contributed by atoms with Gasteiger partial charge >= 0.3 is 6.09 Å². The molecule has 2 amide bonds. The molecular weight excluding hydrogens is 396 g/mol. The van der Waals surface area contributed by atoms with Gasteiger partial charge in [0.25, 0.3) is 0 Å². The van der Waals surface area contributed by atoms with Gasteiger partial charge in [-0.3, -0.25) is 4.79 Å². The van der Waals surface area contributed by atoms with Gasteiger partial charge in [-0.2, -0.15) is 0 Å². The lowest BCUT2D eigenvalue weighted by atomic mass is 10.0. The monoisotopic (exact) mass is 416 g/mol. The minimum Gasteiger partial charge on any atom is -0.508 e. The number of hydrogen-bond donors (Lipinski definition) is 3. The standard InChI is InChI=1S/C20H20N2O4S2/c23-15-7-5-14(6-8-15)11-18(21-20(25)26)19(24)22(12-16-3-1-9-27-16)13-17-4-2-10-28-17/h1-10,18,21,23H,11-13H2,(H,25,26)/t18-/m0/s1. The van der Waals surface area contributed by atoms with E-state index >= 15 is 0 Å². The summed E-state index contributed by atoms with van der Waals surface area (Å²) in [5.41, 5.74) is 0.761. The number of aromatic hydroxyl groups is 1. The number of carbonyl (C=O) groups excluding carboxylic acids is 1. The van der Waals surface area contributed by atoms with E-state index in [1.165, 1.54) is 12.1 Å². The Morgan fingerprint density at radius 1 is 0.964 bits per heavy atom. The minimum atomic E-state index is -1.25. The summed E-state index contributed by atoms with van der Waals surface area (Å²) in [5.74, 6) is -0.160. The molecule has 0 fully saturated rings. The number of nitrogens with zero attached hydrogens (tertiary/aromatic N) is 1. The number of phenolic OH excluding ortho intramolecular Hbond substituents is 1. The molecule has 3 rings (SSSR count). The van der Waals surface area contributed by atoms with Crippen LogP contribution in [0.4, 0.5) is 4.79 Å². The summed E-state index contributed by atoms with van der Waals surface area (Å²) in [6, 6.07) is 13.3. The fourth-order valence-electron chi connectivity index (χ4n) is 2.83. The van der Waals surface area contributed by atoms with Gasteiger partial charge in [0.1, 0.15) is 11.8 Å². The molecule has 2 heterocycles. The van der Waals surface area contributed by atoms with Crippen molar-refractivity contribution in [3.8, 4) is 5.75 Å². The van der Waals surface area contributed by atoms with Crippen LogP contribution < -0.4 is 5.32 Å². The van der Waals surface area contributed by atoms with Gasteiger partial charge in [-0.05, 0) is 40.6 Å². The molecule has 8 heteroatoms. The summed E-state index contributed by atoms with van der Waals surface area (Å²) >= 11 is 3.11. The molecule has 0 radical (unpaired) electrons. The Labute approximate surface area is 170 Å². The van der Waals surface area contributed by atoms with Gasteiger partial charge in [0.15, 0.2) is 0 Å². The predicted octanol–water partition coefficient (Wildman–Crippen LogP) is 3.92. The highest BCUT2D eigenvalue weighted by molar-refractivity contribution is 7.10. The maximum Gasteiger partial charge on any atom is 0.405 e. The Morgan fingerprint density at radius 2 is 1.54 bits per heavy atom. The molecule has 1 atom stereocenters. The number of benzene rings is 1. The van der Waals surface area contributed by atoms with Crippen molar-refractivity contribution in [3.05, 3.63) is 74.6 Å². The molecule has 6 nitrogen and oxygen atoms in total. The second-order valence-electron chi connectivity index (χ2n) is 6.23. The number of rotatable bonds is 8. The van der Waals surface area contributed by atoms with Crippen LogP contribution in [0.25, 0.3) is 0 Å². The van der Waals surface area contributed by atoms with Crippen LogP contribution in [0.1, 0.15) is 15.3 Å². The second-order valence-corrected chi connectivity index (χ2v) is 8.29. The SMILES string of the molecule is O=C(O)N[C@@H](Cc1ccc(O)cc1)C(=O)N(Cc1cccs1)Cc1cccs1. The molecular formula is C20H20N2O4S2. The zero-order valence-electron chi connectivity index (χ0n) is 14.9. The fraction of sp³-hybridized carbons (Fsp3) is 0.200. The normalized spacial score (nSPS) is 11.7. The predicted molar refractivity (Wildman–Crippen MR) is 110 cm³/mol. The van der Waals surface area contributed by atoms with Gasteiger partial charge in [0, 0.05) is 16.2 Å². The molecule has 2 aromatic heterocycles. The Kier molecular flexibility index (Phi) is 6.67. The fourth-order valence-corrected chi connectivity index (χ4v) is 4.27. The molecule has 3 aromatic rings. The first-order valence-corrected chi connectivity index (χ1v) is 10.4. The van der Waals surface area contributed by atoms with E-state index in [9.17, 15) is 19.8 Å². The topological polar surface area (TPSA) is 89.9 Å². The number of thiophene rings is 2. The van der Waals surface area contributed by atoms with E-state index in [4.69, 9.17) is 0 Å². The van der Waals surface area contributed by atoms with E-state index in [-0.39, 0.29) is 18.1 Å². The molecule has 28 heavy (non-hydrogen) atoms. The van der Waals surface area contributed by atoms with Crippen molar-refractivity contribution in [2.24, 2.45) is 0 Å². The first-order chi connectivity index (χ1) is 13.5. The first-order valence-electron chi connectivity index (χ1n) is 8.62. The van der Waals surface area contributed by atoms with Crippen LogP contribution in [-0.4, -0.2) is 33.2 Å². The third-order valence-electron chi connectivity index (χ3n) is 4.14. The molecule has 0 aliphatic carbocycles. The van der Waals surface area contributed by atoms with Crippen molar-refractivity contribution in [1.82, 2.24) is 10.2 Å². The molecule has 3 N–H and O–H groups in total. The molecule has 0 saturated heterocycles. The maximum atomic E-state index is 13.3. The van der Waals surface area contributed by atoms with Crippen molar-refractivity contribution in [2.75, 3.05) is 0 Å². The highest BCUT2D eigenvalue weighted by Crippen LogP contribution is 2.19. The molecule has 0 spiro atoms. The molecule has 0 unspecified atom stereocenters. The van der Waals surface area contributed by atoms with Crippen molar-refractivity contribution in [3.63, 3.8) is 0 Å². The third kappa shape index (κ3) is 5.58. The molecule has 0 saturated carbocycles. The largest absolute Gasteiger partial charge is 0.508 e.